The van der Waals surface area contributed by atoms with Crippen LogP contribution in [0.4, 0.5) is 0 Å². The number of hydrazone groups is 1. The third-order valence-electron chi connectivity index (χ3n) is 3.35. The van der Waals surface area contributed by atoms with Crippen LogP contribution in [0.2, 0.25) is 0 Å². The van der Waals surface area contributed by atoms with E-state index in [4.69, 9.17) is 0 Å². The van der Waals surface area contributed by atoms with Crippen LogP contribution in [0.1, 0.15) is 18.4 Å². The maximum Gasteiger partial charge on any atom is 0.0472 e. The summed E-state index contributed by atoms with van der Waals surface area (Å²) in [5.74, 6) is 0. The fourth-order valence-electron chi connectivity index (χ4n) is 2.40. The van der Waals surface area contributed by atoms with Crippen LogP contribution in [-0.2, 0) is 6.42 Å². The molecule has 96 valence electrons. The Labute approximate surface area is 112 Å². The van der Waals surface area contributed by atoms with Gasteiger partial charge in [0.1, 0.15) is 0 Å². The van der Waals surface area contributed by atoms with Crippen LogP contribution in [0.15, 0.2) is 59.5 Å². The monoisotopic (exact) mass is 251 g/mol. The zero-order chi connectivity index (χ0) is 12.9. The van der Waals surface area contributed by atoms with Crippen LogP contribution in [0.5, 0.6) is 0 Å². The number of hydrogen-bond donors (Lipinski definition) is 2. The van der Waals surface area contributed by atoms with Gasteiger partial charge in [-0.05, 0) is 49.1 Å². The summed E-state index contributed by atoms with van der Waals surface area (Å²) >= 11 is 0. The molecule has 19 heavy (non-hydrogen) atoms. The molecule has 0 bridgehead atoms. The van der Waals surface area contributed by atoms with E-state index in [0.717, 1.165) is 19.3 Å². The van der Waals surface area contributed by atoms with Crippen LogP contribution in [0.3, 0.4) is 0 Å². The first kappa shape index (κ1) is 11.8. The maximum atomic E-state index is 4.08. The van der Waals surface area contributed by atoms with Crippen LogP contribution in [0, 0.1) is 0 Å². The Bertz CT molecular complexity index is 647. The van der Waals surface area contributed by atoms with Gasteiger partial charge < -0.3 is 4.98 Å². The minimum absolute atomic E-state index is 1.02. The topological polar surface area (TPSA) is 40.2 Å². The average molecular weight is 251 g/mol. The molecule has 1 aromatic carbocycles. The molecule has 2 heterocycles. The number of aromatic nitrogens is 1. The van der Waals surface area contributed by atoms with Crippen molar-refractivity contribution in [2.24, 2.45) is 5.10 Å². The van der Waals surface area contributed by atoms with Crippen molar-refractivity contribution in [1.29, 1.82) is 0 Å². The van der Waals surface area contributed by atoms with E-state index in [9.17, 15) is 0 Å². The summed E-state index contributed by atoms with van der Waals surface area (Å²) < 4.78 is 0. The van der Waals surface area contributed by atoms with E-state index < -0.39 is 0 Å². The van der Waals surface area contributed by atoms with Gasteiger partial charge in [0.2, 0.25) is 0 Å². The predicted octanol–water partition coefficient (Wildman–Crippen LogP) is 3.52. The van der Waals surface area contributed by atoms with E-state index in [0.29, 0.717) is 0 Å². The summed E-state index contributed by atoms with van der Waals surface area (Å²) in [7, 11) is 0. The first-order valence-corrected chi connectivity index (χ1v) is 6.63. The van der Waals surface area contributed by atoms with Crippen LogP contribution in [-0.4, -0.2) is 11.2 Å². The molecule has 0 fully saturated rings. The van der Waals surface area contributed by atoms with Gasteiger partial charge in [0.25, 0.3) is 0 Å². The Hall–Kier alpha value is -2.29. The molecule has 0 atom stereocenters. The van der Waals surface area contributed by atoms with Gasteiger partial charge in [0, 0.05) is 29.0 Å². The zero-order valence-electron chi connectivity index (χ0n) is 10.8. The first-order valence-electron chi connectivity index (χ1n) is 6.63. The molecule has 0 saturated carbocycles. The highest BCUT2D eigenvalue weighted by Gasteiger charge is 2.02. The van der Waals surface area contributed by atoms with E-state index in [1.807, 2.05) is 18.3 Å². The van der Waals surface area contributed by atoms with E-state index in [-0.39, 0.29) is 0 Å². The van der Waals surface area contributed by atoms with Crippen molar-refractivity contribution >= 4 is 17.1 Å². The molecule has 1 aliphatic rings. The molecule has 0 aliphatic carbocycles. The normalized spacial score (nSPS) is 14.2. The van der Waals surface area contributed by atoms with Gasteiger partial charge in [-0.25, -0.2) is 0 Å². The van der Waals surface area contributed by atoms with Crippen LogP contribution < -0.4 is 5.43 Å². The number of aryl methyl sites for hydroxylation is 1. The lowest BCUT2D eigenvalue weighted by Gasteiger charge is -2.06. The largest absolute Gasteiger partial charge is 0.361 e. The number of nitrogens with zero attached hydrogens (tertiary/aromatic N) is 1. The number of nitrogens with one attached hydrogen (secondary N) is 2. The lowest BCUT2D eigenvalue weighted by molar-refractivity contribution is 0.740. The molecule has 3 rings (SSSR count). The average Bonchev–Trinajstić information content (AvgIpc) is 2.77. The van der Waals surface area contributed by atoms with Crippen molar-refractivity contribution in [3.8, 4) is 0 Å². The third kappa shape index (κ3) is 2.76. The lowest BCUT2D eigenvalue weighted by atomic mass is 10.0. The fraction of sp³-hybridized carbons (Fsp3) is 0.188. The van der Waals surface area contributed by atoms with E-state index in [2.05, 4.69) is 45.9 Å². The molecular formula is C16H17N3. The van der Waals surface area contributed by atoms with Crippen molar-refractivity contribution in [1.82, 2.24) is 10.4 Å². The summed E-state index contributed by atoms with van der Waals surface area (Å²) in [4.78, 5) is 3.26. The van der Waals surface area contributed by atoms with Crippen molar-refractivity contribution in [2.45, 2.75) is 19.3 Å². The Kier molecular flexibility index (Phi) is 3.45. The number of rotatable bonds is 4. The molecule has 1 aliphatic heterocycles. The van der Waals surface area contributed by atoms with Crippen molar-refractivity contribution in [3.05, 3.63) is 60.0 Å². The molecule has 0 spiro atoms. The number of fused-ring (bicyclic) bond motifs is 1. The van der Waals surface area contributed by atoms with E-state index in [1.54, 1.807) is 6.21 Å². The van der Waals surface area contributed by atoms with Crippen LogP contribution in [0.25, 0.3) is 10.9 Å². The van der Waals surface area contributed by atoms with Gasteiger partial charge in [-0.1, -0.05) is 18.2 Å². The molecule has 0 saturated heterocycles. The highest BCUT2D eigenvalue weighted by atomic mass is 15.3. The summed E-state index contributed by atoms with van der Waals surface area (Å²) in [6, 6.07) is 8.60. The predicted molar refractivity (Wildman–Crippen MR) is 80.1 cm³/mol. The number of H-pyrrole nitrogens is 1. The summed E-state index contributed by atoms with van der Waals surface area (Å²) in [6.45, 7) is 0. The van der Waals surface area contributed by atoms with Gasteiger partial charge >= 0.3 is 0 Å². The standard InChI is InChI=1S/C16H17N3/c1-2-11-18-19-14(7-1)8-3-5-13-6-4-9-16-15(13)10-12-17-16/h1-2,4,6-7,9-12,17,19H,3,5,8H2. The molecule has 0 radical (unpaired) electrons. The van der Waals surface area contributed by atoms with Gasteiger partial charge in [-0.2, -0.15) is 5.10 Å². The molecule has 1 aromatic heterocycles. The Balaban J connectivity index is 1.63. The number of benzene rings is 1. The molecule has 0 amide bonds. The first-order chi connectivity index (χ1) is 9.43. The molecule has 0 unspecified atom stereocenters. The quantitative estimate of drug-likeness (QED) is 0.857. The Morgan fingerprint density at radius 2 is 2.05 bits per heavy atom. The Morgan fingerprint density at radius 3 is 3.05 bits per heavy atom. The Morgan fingerprint density at radius 1 is 1.05 bits per heavy atom. The second-order valence-electron chi connectivity index (χ2n) is 4.68. The third-order valence-corrected chi connectivity index (χ3v) is 3.35. The highest BCUT2D eigenvalue weighted by Crippen LogP contribution is 2.19. The minimum atomic E-state index is 1.02. The second kappa shape index (κ2) is 5.57. The van der Waals surface area contributed by atoms with Gasteiger partial charge in [0.15, 0.2) is 0 Å². The summed E-state index contributed by atoms with van der Waals surface area (Å²) in [5.41, 5.74) is 6.86. The molecular weight excluding hydrogens is 234 g/mol. The SMILES string of the molecule is C1=CC=C(CCCc2cccc3[nH]ccc23)NN=C1. The number of allylic oxidation sites excluding steroid dienone is 4. The molecule has 2 N–H and O–H groups in total. The van der Waals surface area contributed by atoms with E-state index in [1.165, 1.54) is 22.2 Å². The van der Waals surface area contributed by atoms with Gasteiger partial charge in [0.05, 0.1) is 0 Å². The van der Waals surface area contributed by atoms with Gasteiger partial charge in [-0.15, -0.1) is 0 Å². The maximum absolute atomic E-state index is 4.08. The second-order valence-corrected chi connectivity index (χ2v) is 4.68. The molecule has 2 aromatic rings. The highest BCUT2D eigenvalue weighted by molar-refractivity contribution is 5.82. The zero-order valence-corrected chi connectivity index (χ0v) is 10.8. The van der Waals surface area contributed by atoms with Crippen LogP contribution >= 0.6 is 0 Å². The van der Waals surface area contributed by atoms with E-state index >= 15 is 0 Å². The van der Waals surface area contributed by atoms with Crippen molar-refractivity contribution in [3.63, 3.8) is 0 Å². The summed E-state index contributed by atoms with van der Waals surface area (Å²) in [6.07, 6.45) is 13.0. The van der Waals surface area contributed by atoms with Gasteiger partial charge in [-0.3, -0.25) is 5.43 Å². The molecule has 3 nitrogen and oxygen atoms in total. The van der Waals surface area contributed by atoms with Crippen molar-refractivity contribution in [2.75, 3.05) is 0 Å². The van der Waals surface area contributed by atoms with Crippen molar-refractivity contribution < 1.29 is 0 Å². The number of hydrogen-bond acceptors (Lipinski definition) is 2. The summed E-state index contributed by atoms with van der Waals surface area (Å²) in [5, 5.41) is 5.42. The fourth-order valence-corrected chi connectivity index (χ4v) is 2.40. The number of aromatic amines is 1. The lowest BCUT2D eigenvalue weighted by Crippen LogP contribution is -2.04. The smallest absolute Gasteiger partial charge is 0.0472 e. The minimum Gasteiger partial charge on any atom is -0.361 e. The molecule has 3 heteroatoms.